The van der Waals surface area contributed by atoms with Gasteiger partial charge in [-0.25, -0.2) is 0 Å². The number of halogens is 4. The van der Waals surface area contributed by atoms with Crippen LogP contribution in [0.1, 0.15) is 17.3 Å². The number of hydrogen-bond donors (Lipinski definition) is 0. The van der Waals surface area contributed by atoms with Gasteiger partial charge in [-0.05, 0) is 30.7 Å². The van der Waals surface area contributed by atoms with Crippen LogP contribution in [0.5, 0.6) is 11.5 Å². The number of benzene rings is 1. The second-order valence-corrected chi connectivity index (χ2v) is 3.23. The Morgan fingerprint density at radius 2 is 1.94 bits per heavy atom. The minimum Gasteiger partial charge on any atom is -0.493 e. The van der Waals surface area contributed by atoms with Crippen LogP contribution in [0.3, 0.4) is 0 Å². The van der Waals surface area contributed by atoms with Crippen molar-refractivity contribution in [1.82, 2.24) is 0 Å². The molecule has 0 heterocycles. The maximum absolute atomic E-state index is 12.1. The van der Waals surface area contributed by atoms with Crippen molar-refractivity contribution in [3.63, 3.8) is 0 Å². The Labute approximate surface area is 100 Å². The number of carbonyl (C=O) groups is 1. The van der Waals surface area contributed by atoms with Crippen molar-refractivity contribution in [3.05, 3.63) is 23.8 Å². The van der Waals surface area contributed by atoms with E-state index >= 15 is 0 Å². The van der Waals surface area contributed by atoms with E-state index in [0.717, 1.165) is 6.07 Å². The van der Waals surface area contributed by atoms with Gasteiger partial charge in [-0.1, -0.05) is 6.07 Å². The Balaban J connectivity index is 3.20. The lowest BCUT2D eigenvalue weighted by Gasteiger charge is -2.14. The summed E-state index contributed by atoms with van der Waals surface area (Å²) in [4.78, 5) is 11.1. The summed E-state index contributed by atoms with van der Waals surface area (Å²) in [6.45, 7) is 1.81. The van der Waals surface area contributed by atoms with Gasteiger partial charge in [0.15, 0.2) is 0 Å². The predicted octanol–water partition coefficient (Wildman–Crippen LogP) is 3.36. The highest BCUT2D eigenvalue weighted by molar-refractivity contribution is 6.68. The molecule has 0 fully saturated rings. The van der Waals surface area contributed by atoms with E-state index < -0.39 is 22.9 Å². The molecule has 0 amide bonds. The second-order valence-electron chi connectivity index (χ2n) is 2.88. The summed E-state index contributed by atoms with van der Waals surface area (Å²) in [6, 6.07) is 3.60. The first-order valence-electron chi connectivity index (χ1n) is 4.56. The number of hydrogen-bond acceptors (Lipinski definition) is 3. The molecule has 0 spiro atoms. The average Bonchev–Trinajstić information content (AvgIpc) is 2.15. The van der Waals surface area contributed by atoms with Gasteiger partial charge in [0.1, 0.15) is 17.1 Å². The van der Waals surface area contributed by atoms with Crippen molar-refractivity contribution in [2.75, 3.05) is 6.61 Å². The number of carbonyl (C=O) groups excluding carboxylic acids is 1. The topological polar surface area (TPSA) is 35.5 Å². The molecule has 0 aromatic heterocycles. The summed E-state index contributed by atoms with van der Waals surface area (Å²) in [6.07, 6.45) is -4.90. The van der Waals surface area contributed by atoms with Crippen LogP contribution in [-0.2, 0) is 0 Å². The normalized spacial score (nSPS) is 11.1. The molecule has 0 aliphatic carbocycles. The molecule has 17 heavy (non-hydrogen) atoms. The van der Waals surface area contributed by atoms with Gasteiger partial charge in [-0.2, -0.15) is 0 Å². The maximum atomic E-state index is 12.1. The van der Waals surface area contributed by atoms with E-state index in [2.05, 4.69) is 4.74 Å². The van der Waals surface area contributed by atoms with Gasteiger partial charge in [-0.3, -0.25) is 4.79 Å². The van der Waals surface area contributed by atoms with Gasteiger partial charge in [-0.15, -0.1) is 13.2 Å². The summed E-state index contributed by atoms with van der Waals surface area (Å²) >= 11 is 5.21. The molecule has 0 radical (unpaired) electrons. The highest BCUT2D eigenvalue weighted by Gasteiger charge is 2.33. The van der Waals surface area contributed by atoms with Gasteiger partial charge in [0.25, 0.3) is 5.24 Å². The first-order chi connectivity index (χ1) is 7.85. The largest absolute Gasteiger partial charge is 0.573 e. The van der Waals surface area contributed by atoms with E-state index in [1.807, 2.05) is 0 Å². The molecular formula is C10H8ClF3O3. The molecule has 94 valence electrons. The number of ether oxygens (including phenoxy) is 2. The summed E-state index contributed by atoms with van der Waals surface area (Å²) in [5.41, 5.74) is -0.437. The Kier molecular flexibility index (Phi) is 4.22. The Bertz CT molecular complexity index is 418. The molecule has 1 aromatic rings. The third-order valence-corrected chi connectivity index (χ3v) is 1.90. The van der Waals surface area contributed by atoms with Crippen LogP contribution in [0, 0.1) is 0 Å². The minimum atomic E-state index is -4.90. The number of rotatable bonds is 4. The molecule has 0 saturated heterocycles. The van der Waals surface area contributed by atoms with Gasteiger partial charge in [0.05, 0.1) is 6.61 Å². The molecular weight excluding hydrogens is 261 g/mol. The van der Waals surface area contributed by atoms with Gasteiger partial charge in [0.2, 0.25) is 0 Å². The molecule has 7 heteroatoms. The van der Waals surface area contributed by atoms with E-state index in [0.29, 0.717) is 0 Å². The smallest absolute Gasteiger partial charge is 0.493 e. The van der Waals surface area contributed by atoms with Gasteiger partial charge < -0.3 is 9.47 Å². The first kappa shape index (κ1) is 13.6. The standard InChI is InChI=1S/C10H8ClF3O3/c1-2-16-6-4-3-5-7(8(6)9(11)15)17-10(12,13)14/h3-5H,2H2,1H3. The SMILES string of the molecule is CCOc1cccc(OC(F)(F)F)c1C(=O)Cl. The van der Waals surface area contributed by atoms with Gasteiger partial charge in [0, 0.05) is 0 Å². The molecule has 0 saturated carbocycles. The molecule has 0 aliphatic heterocycles. The van der Waals surface area contributed by atoms with Crippen LogP contribution < -0.4 is 9.47 Å². The van der Waals surface area contributed by atoms with E-state index in [4.69, 9.17) is 16.3 Å². The molecule has 0 bridgehead atoms. The van der Waals surface area contributed by atoms with Crippen molar-refractivity contribution >= 4 is 16.8 Å². The summed E-state index contributed by atoms with van der Waals surface area (Å²) < 4.78 is 45.0. The van der Waals surface area contributed by atoms with E-state index in [1.54, 1.807) is 6.92 Å². The van der Waals surface area contributed by atoms with Crippen LogP contribution in [0.25, 0.3) is 0 Å². The fourth-order valence-electron chi connectivity index (χ4n) is 1.19. The first-order valence-corrected chi connectivity index (χ1v) is 4.94. The Morgan fingerprint density at radius 1 is 1.35 bits per heavy atom. The zero-order valence-electron chi connectivity index (χ0n) is 8.68. The average molecular weight is 269 g/mol. The van der Waals surface area contributed by atoms with Crippen LogP contribution in [0.15, 0.2) is 18.2 Å². The number of alkyl halides is 3. The molecule has 1 rings (SSSR count). The minimum absolute atomic E-state index is 0.0470. The maximum Gasteiger partial charge on any atom is 0.573 e. The quantitative estimate of drug-likeness (QED) is 0.786. The molecule has 3 nitrogen and oxygen atoms in total. The lowest BCUT2D eigenvalue weighted by Crippen LogP contribution is -2.19. The molecule has 0 unspecified atom stereocenters. The monoisotopic (exact) mass is 268 g/mol. The molecule has 1 aromatic carbocycles. The zero-order chi connectivity index (χ0) is 13.1. The van der Waals surface area contributed by atoms with Gasteiger partial charge >= 0.3 is 6.36 Å². The second kappa shape index (κ2) is 5.27. The molecule has 0 atom stereocenters. The van der Waals surface area contributed by atoms with Crippen LogP contribution in [0.4, 0.5) is 13.2 Å². The van der Waals surface area contributed by atoms with E-state index in [1.165, 1.54) is 12.1 Å². The van der Waals surface area contributed by atoms with Crippen molar-refractivity contribution in [2.45, 2.75) is 13.3 Å². The lowest BCUT2D eigenvalue weighted by atomic mass is 10.2. The summed E-state index contributed by atoms with van der Waals surface area (Å²) in [5.74, 6) is -0.724. The van der Waals surface area contributed by atoms with Crippen LogP contribution in [-0.4, -0.2) is 18.2 Å². The summed E-state index contributed by atoms with van der Waals surface area (Å²) in [5, 5.41) is -1.08. The van der Waals surface area contributed by atoms with Crippen molar-refractivity contribution in [2.24, 2.45) is 0 Å². The van der Waals surface area contributed by atoms with Crippen LogP contribution in [0.2, 0.25) is 0 Å². The van der Waals surface area contributed by atoms with Crippen molar-refractivity contribution < 1.29 is 27.4 Å². The van der Waals surface area contributed by atoms with Crippen molar-refractivity contribution in [1.29, 1.82) is 0 Å². The zero-order valence-corrected chi connectivity index (χ0v) is 9.43. The van der Waals surface area contributed by atoms with Crippen LogP contribution >= 0.6 is 11.6 Å². The summed E-state index contributed by atoms with van der Waals surface area (Å²) in [7, 11) is 0. The Morgan fingerprint density at radius 3 is 2.41 bits per heavy atom. The fraction of sp³-hybridized carbons (Fsp3) is 0.300. The molecule has 0 aliphatic rings. The predicted molar refractivity (Wildman–Crippen MR) is 54.5 cm³/mol. The van der Waals surface area contributed by atoms with E-state index in [-0.39, 0.29) is 12.4 Å². The lowest BCUT2D eigenvalue weighted by molar-refractivity contribution is -0.274. The third-order valence-electron chi connectivity index (χ3n) is 1.71. The highest BCUT2D eigenvalue weighted by Crippen LogP contribution is 2.33. The van der Waals surface area contributed by atoms with Crippen molar-refractivity contribution in [3.8, 4) is 11.5 Å². The molecule has 0 N–H and O–H groups in total. The third kappa shape index (κ3) is 3.81. The van der Waals surface area contributed by atoms with E-state index in [9.17, 15) is 18.0 Å². The fourth-order valence-corrected chi connectivity index (χ4v) is 1.38. The highest BCUT2D eigenvalue weighted by atomic mass is 35.5. The Hall–Kier alpha value is -1.43.